The number of thioether (sulfide) groups is 1. The van der Waals surface area contributed by atoms with Crippen LogP contribution < -0.4 is 0 Å². The standard InChI is InChI=1S/C7H13F3S/c1-3-5-6(11-4-2)7(8,9)10/h6H,3-5H2,1-2H3/t6-/m0/s1. The van der Waals surface area contributed by atoms with Crippen molar-refractivity contribution in [3.63, 3.8) is 0 Å². The molecule has 0 radical (unpaired) electrons. The van der Waals surface area contributed by atoms with Crippen molar-refractivity contribution in [1.82, 2.24) is 0 Å². The van der Waals surface area contributed by atoms with Gasteiger partial charge in [0.25, 0.3) is 0 Å². The second kappa shape index (κ2) is 4.91. The summed E-state index contributed by atoms with van der Waals surface area (Å²) < 4.78 is 36.2. The maximum absolute atomic E-state index is 12.1. The topological polar surface area (TPSA) is 0 Å². The second-order valence-electron chi connectivity index (χ2n) is 2.27. The zero-order valence-corrected chi connectivity index (χ0v) is 7.56. The molecule has 0 spiro atoms. The van der Waals surface area contributed by atoms with Gasteiger partial charge in [0.05, 0.1) is 0 Å². The predicted molar refractivity (Wildman–Crippen MR) is 42.9 cm³/mol. The van der Waals surface area contributed by atoms with Gasteiger partial charge in [-0.3, -0.25) is 0 Å². The molecule has 0 aromatic carbocycles. The average Bonchev–Trinajstić information content (AvgIpc) is 1.85. The molecule has 11 heavy (non-hydrogen) atoms. The lowest BCUT2D eigenvalue weighted by Gasteiger charge is -2.17. The van der Waals surface area contributed by atoms with E-state index in [1.807, 2.05) is 0 Å². The van der Waals surface area contributed by atoms with Crippen molar-refractivity contribution in [3.8, 4) is 0 Å². The van der Waals surface area contributed by atoms with Crippen molar-refractivity contribution >= 4 is 11.8 Å². The van der Waals surface area contributed by atoms with Crippen molar-refractivity contribution < 1.29 is 13.2 Å². The van der Waals surface area contributed by atoms with Crippen molar-refractivity contribution in [1.29, 1.82) is 0 Å². The minimum absolute atomic E-state index is 0.238. The van der Waals surface area contributed by atoms with Gasteiger partial charge in [-0.2, -0.15) is 13.2 Å². The van der Waals surface area contributed by atoms with Crippen LogP contribution in [0.1, 0.15) is 26.7 Å². The largest absolute Gasteiger partial charge is 0.400 e. The zero-order valence-electron chi connectivity index (χ0n) is 6.74. The normalized spacial score (nSPS) is 15.0. The molecule has 0 N–H and O–H groups in total. The van der Waals surface area contributed by atoms with E-state index in [9.17, 15) is 13.2 Å². The number of hydrogen-bond acceptors (Lipinski definition) is 1. The van der Waals surface area contributed by atoms with Gasteiger partial charge in [-0.25, -0.2) is 0 Å². The molecule has 0 unspecified atom stereocenters. The van der Waals surface area contributed by atoms with Crippen LogP contribution in [0, 0.1) is 0 Å². The van der Waals surface area contributed by atoms with Crippen LogP contribution in [0.2, 0.25) is 0 Å². The Labute approximate surface area is 69.5 Å². The minimum atomic E-state index is -4.02. The predicted octanol–water partition coefficient (Wildman–Crippen LogP) is 3.47. The molecule has 0 saturated carbocycles. The minimum Gasteiger partial charge on any atom is -0.170 e. The van der Waals surface area contributed by atoms with Crippen LogP contribution in [0.5, 0.6) is 0 Å². The van der Waals surface area contributed by atoms with E-state index >= 15 is 0 Å². The molecule has 0 aliphatic rings. The Morgan fingerprint density at radius 3 is 2.09 bits per heavy atom. The molecule has 0 nitrogen and oxygen atoms in total. The van der Waals surface area contributed by atoms with Crippen LogP contribution in [0.3, 0.4) is 0 Å². The first-order chi connectivity index (χ1) is 5.02. The summed E-state index contributed by atoms with van der Waals surface area (Å²) in [6.07, 6.45) is -3.18. The summed E-state index contributed by atoms with van der Waals surface area (Å²) >= 11 is 0.983. The number of alkyl halides is 3. The lowest BCUT2D eigenvalue weighted by Crippen LogP contribution is -2.25. The van der Waals surface area contributed by atoms with Crippen molar-refractivity contribution in [3.05, 3.63) is 0 Å². The Balaban J connectivity index is 3.88. The maximum Gasteiger partial charge on any atom is 0.400 e. The van der Waals surface area contributed by atoms with Crippen LogP contribution in [0.25, 0.3) is 0 Å². The van der Waals surface area contributed by atoms with Crippen LogP contribution in [-0.4, -0.2) is 17.2 Å². The Morgan fingerprint density at radius 2 is 1.82 bits per heavy atom. The highest BCUT2D eigenvalue weighted by molar-refractivity contribution is 7.99. The lowest BCUT2D eigenvalue weighted by atomic mass is 10.2. The van der Waals surface area contributed by atoms with E-state index in [0.29, 0.717) is 12.2 Å². The number of halogens is 3. The average molecular weight is 186 g/mol. The summed E-state index contributed by atoms with van der Waals surface area (Å²) in [5.41, 5.74) is 0. The van der Waals surface area contributed by atoms with Gasteiger partial charge in [0.1, 0.15) is 5.25 Å². The maximum atomic E-state index is 12.1. The SMILES string of the molecule is CCC[C@H](SCC)C(F)(F)F. The highest BCUT2D eigenvalue weighted by Crippen LogP contribution is 2.33. The quantitative estimate of drug-likeness (QED) is 0.647. The van der Waals surface area contributed by atoms with Gasteiger partial charge >= 0.3 is 6.18 Å². The number of rotatable bonds is 4. The van der Waals surface area contributed by atoms with Gasteiger partial charge in [0.15, 0.2) is 0 Å². The Hall–Kier alpha value is 0.140. The summed E-state index contributed by atoms with van der Waals surface area (Å²) in [4.78, 5) is 0. The molecule has 68 valence electrons. The third-order valence-corrected chi connectivity index (χ3v) is 2.52. The van der Waals surface area contributed by atoms with Gasteiger partial charge in [0, 0.05) is 0 Å². The third-order valence-electron chi connectivity index (χ3n) is 1.28. The molecule has 1 atom stereocenters. The molecule has 0 aliphatic carbocycles. The van der Waals surface area contributed by atoms with E-state index in [2.05, 4.69) is 0 Å². The first-order valence-electron chi connectivity index (χ1n) is 3.70. The summed E-state index contributed by atoms with van der Waals surface area (Å²) in [6.45, 7) is 3.52. The lowest BCUT2D eigenvalue weighted by molar-refractivity contribution is -0.129. The van der Waals surface area contributed by atoms with Crippen molar-refractivity contribution in [2.24, 2.45) is 0 Å². The van der Waals surface area contributed by atoms with Crippen LogP contribution >= 0.6 is 11.8 Å². The fourth-order valence-electron chi connectivity index (χ4n) is 0.805. The van der Waals surface area contributed by atoms with E-state index in [4.69, 9.17) is 0 Å². The zero-order chi connectivity index (χ0) is 8.91. The van der Waals surface area contributed by atoms with Crippen molar-refractivity contribution in [2.45, 2.75) is 38.1 Å². The molecule has 4 heteroatoms. The van der Waals surface area contributed by atoms with Gasteiger partial charge in [-0.15, -0.1) is 11.8 Å². The first-order valence-corrected chi connectivity index (χ1v) is 4.75. The van der Waals surface area contributed by atoms with Gasteiger partial charge in [-0.05, 0) is 12.2 Å². The van der Waals surface area contributed by atoms with E-state index < -0.39 is 11.4 Å². The van der Waals surface area contributed by atoms with Gasteiger partial charge in [-0.1, -0.05) is 20.3 Å². The van der Waals surface area contributed by atoms with Gasteiger partial charge in [0.2, 0.25) is 0 Å². The Bertz CT molecular complexity index is 94.3. The third kappa shape index (κ3) is 4.56. The summed E-state index contributed by atoms with van der Waals surface area (Å²) in [7, 11) is 0. The Kier molecular flexibility index (Phi) is 4.97. The monoisotopic (exact) mass is 186 g/mol. The molecule has 0 aliphatic heterocycles. The fourth-order valence-corrected chi connectivity index (χ4v) is 1.80. The molecule has 0 aromatic rings. The molecule has 0 rings (SSSR count). The number of hydrogen-bond donors (Lipinski definition) is 0. The smallest absolute Gasteiger partial charge is 0.170 e. The van der Waals surface area contributed by atoms with Gasteiger partial charge < -0.3 is 0 Å². The summed E-state index contributed by atoms with van der Waals surface area (Å²) in [5, 5.41) is -1.16. The van der Waals surface area contributed by atoms with E-state index in [-0.39, 0.29) is 6.42 Å². The van der Waals surface area contributed by atoms with E-state index in [0.717, 1.165) is 11.8 Å². The second-order valence-corrected chi connectivity index (χ2v) is 3.75. The highest BCUT2D eigenvalue weighted by atomic mass is 32.2. The molecule has 0 heterocycles. The molecular weight excluding hydrogens is 173 g/mol. The first kappa shape index (κ1) is 11.1. The van der Waals surface area contributed by atoms with Crippen molar-refractivity contribution in [2.75, 3.05) is 5.75 Å². The fraction of sp³-hybridized carbons (Fsp3) is 1.00. The van der Waals surface area contributed by atoms with Crippen LogP contribution in [-0.2, 0) is 0 Å². The van der Waals surface area contributed by atoms with E-state index in [1.54, 1.807) is 13.8 Å². The highest BCUT2D eigenvalue weighted by Gasteiger charge is 2.38. The molecule has 0 saturated heterocycles. The Morgan fingerprint density at radius 1 is 1.27 bits per heavy atom. The van der Waals surface area contributed by atoms with Crippen LogP contribution in [0.15, 0.2) is 0 Å². The molecular formula is C7H13F3S. The van der Waals surface area contributed by atoms with Crippen LogP contribution in [0.4, 0.5) is 13.2 Å². The molecule has 0 amide bonds. The van der Waals surface area contributed by atoms with E-state index in [1.165, 1.54) is 0 Å². The molecule has 0 aromatic heterocycles. The summed E-state index contributed by atoms with van der Waals surface area (Å²) in [6, 6.07) is 0. The molecule has 0 bridgehead atoms. The summed E-state index contributed by atoms with van der Waals surface area (Å²) in [5.74, 6) is 0.532. The molecule has 0 fully saturated rings.